The van der Waals surface area contributed by atoms with Crippen molar-refractivity contribution in [3.05, 3.63) is 0 Å². The fourth-order valence-corrected chi connectivity index (χ4v) is 2.53. The molecule has 0 spiro atoms. The van der Waals surface area contributed by atoms with Crippen molar-refractivity contribution in [2.24, 2.45) is 11.3 Å². The Morgan fingerprint density at radius 1 is 1.38 bits per heavy atom. The molecule has 2 heteroatoms. The minimum absolute atomic E-state index is 0.370. The third-order valence-corrected chi connectivity index (χ3v) is 4.18. The minimum Gasteiger partial charge on any atom is -0.313 e. The molecule has 0 aromatic carbocycles. The second-order valence-corrected chi connectivity index (χ2v) is 6.76. The van der Waals surface area contributed by atoms with E-state index in [0.29, 0.717) is 17.5 Å². The van der Waals surface area contributed by atoms with Crippen LogP contribution in [0.25, 0.3) is 0 Å². The Labute approximate surface area is 102 Å². The smallest absolute Gasteiger partial charge is 0.0197 e. The number of likely N-dealkylation sites (N-methyl/N-ethyl adjacent to an activating group) is 1. The van der Waals surface area contributed by atoms with Gasteiger partial charge in [-0.05, 0) is 44.7 Å². The van der Waals surface area contributed by atoms with E-state index in [0.717, 1.165) is 5.92 Å². The van der Waals surface area contributed by atoms with Crippen molar-refractivity contribution in [3.8, 4) is 0 Å². The van der Waals surface area contributed by atoms with Gasteiger partial charge < -0.3 is 10.2 Å². The zero-order valence-corrected chi connectivity index (χ0v) is 12.0. The molecule has 1 rings (SSSR count). The summed E-state index contributed by atoms with van der Waals surface area (Å²) < 4.78 is 0. The molecule has 3 unspecified atom stereocenters. The van der Waals surface area contributed by atoms with E-state index in [1.54, 1.807) is 0 Å². The molecule has 1 N–H and O–H groups in total. The zero-order valence-electron chi connectivity index (χ0n) is 12.0. The lowest BCUT2D eigenvalue weighted by atomic mass is 9.86. The van der Waals surface area contributed by atoms with E-state index in [9.17, 15) is 0 Å². The second-order valence-electron chi connectivity index (χ2n) is 6.76. The van der Waals surface area contributed by atoms with Crippen LogP contribution in [0.15, 0.2) is 0 Å². The average molecular weight is 226 g/mol. The molecule has 0 bridgehead atoms. The molecular formula is C14H30N2. The van der Waals surface area contributed by atoms with Crippen molar-refractivity contribution in [1.29, 1.82) is 0 Å². The molecule has 1 aliphatic heterocycles. The average Bonchev–Trinajstić information content (AvgIpc) is 2.15. The largest absolute Gasteiger partial charge is 0.313 e. The SMILES string of the molecule is CC1CCNC(CN(C)C(C)C(C)(C)C)C1. The third kappa shape index (κ3) is 4.06. The van der Waals surface area contributed by atoms with Crippen molar-refractivity contribution in [2.45, 2.75) is 59.5 Å². The van der Waals surface area contributed by atoms with Gasteiger partial charge in [0.25, 0.3) is 0 Å². The van der Waals surface area contributed by atoms with Crippen LogP contribution in [0.5, 0.6) is 0 Å². The maximum atomic E-state index is 3.65. The molecule has 1 fully saturated rings. The van der Waals surface area contributed by atoms with Crippen molar-refractivity contribution in [1.82, 2.24) is 10.2 Å². The van der Waals surface area contributed by atoms with Crippen LogP contribution >= 0.6 is 0 Å². The van der Waals surface area contributed by atoms with E-state index in [2.05, 4.69) is 51.9 Å². The van der Waals surface area contributed by atoms with E-state index in [4.69, 9.17) is 0 Å². The summed E-state index contributed by atoms with van der Waals surface area (Å²) >= 11 is 0. The Balaban J connectivity index is 2.41. The zero-order chi connectivity index (χ0) is 12.3. The highest BCUT2D eigenvalue weighted by Crippen LogP contribution is 2.24. The standard InChI is InChI=1S/C14H30N2/c1-11-7-8-15-13(9-11)10-16(6)12(2)14(3,4)5/h11-13,15H,7-10H2,1-6H3. The van der Waals surface area contributed by atoms with Crippen LogP contribution < -0.4 is 5.32 Å². The molecule has 0 amide bonds. The van der Waals surface area contributed by atoms with Crippen molar-refractivity contribution < 1.29 is 0 Å². The van der Waals surface area contributed by atoms with Crippen LogP contribution in [0.4, 0.5) is 0 Å². The Hall–Kier alpha value is -0.0800. The number of hydrogen-bond acceptors (Lipinski definition) is 2. The van der Waals surface area contributed by atoms with Gasteiger partial charge in [0.1, 0.15) is 0 Å². The van der Waals surface area contributed by atoms with Crippen LogP contribution in [0.1, 0.15) is 47.5 Å². The van der Waals surface area contributed by atoms with Gasteiger partial charge in [0.2, 0.25) is 0 Å². The topological polar surface area (TPSA) is 15.3 Å². The normalized spacial score (nSPS) is 29.4. The minimum atomic E-state index is 0.370. The van der Waals surface area contributed by atoms with Crippen LogP contribution in [0.3, 0.4) is 0 Å². The quantitative estimate of drug-likeness (QED) is 0.796. The Kier molecular flexibility index (Phi) is 4.81. The molecule has 16 heavy (non-hydrogen) atoms. The summed E-state index contributed by atoms with van der Waals surface area (Å²) in [4.78, 5) is 2.51. The Morgan fingerprint density at radius 3 is 2.50 bits per heavy atom. The molecule has 0 saturated carbocycles. The molecule has 0 aliphatic carbocycles. The number of rotatable bonds is 3. The van der Waals surface area contributed by atoms with Gasteiger partial charge in [0.05, 0.1) is 0 Å². The lowest BCUT2D eigenvalue weighted by Crippen LogP contribution is -2.49. The predicted octanol–water partition coefficient (Wildman–Crippen LogP) is 2.74. The summed E-state index contributed by atoms with van der Waals surface area (Å²) in [6.45, 7) is 14.1. The van der Waals surface area contributed by atoms with Crippen molar-refractivity contribution in [3.63, 3.8) is 0 Å². The molecule has 1 saturated heterocycles. The molecule has 96 valence electrons. The predicted molar refractivity (Wildman–Crippen MR) is 71.7 cm³/mol. The van der Waals surface area contributed by atoms with Crippen LogP contribution in [0, 0.1) is 11.3 Å². The van der Waals surface area contributed by atoms with Crippen LogP contribution in [0.2, 0.25) is 0 Å². The summed E-state index contributed by atoms with van der Waals surface area (Å²) in [7, 11) is 2.26. The molecule has 2 nitrogen and oxygen atoms in total. The van der Waals surface area contributed by atoms with Gasteiger partial charge in [-0.2, -0.15) is 0 Å². The first-order chi connectivity index (χ1) is 7.30. The highest BCUT2D eigenvalue weighted by atomic mass is 15.2. The van der Waals surface area contributed by atoms with E-state index in [1.165, 1.54) is 25.9 Å². The molecule has 0 aromatic heterocycles. The molecule has 1 aliphatic rings. The van der Waals surface area contributed by atoms with Gasteiger partial charge in [-0.15, -0.1) is 0 Å². The van der Waals surface area contributed by atoms with E-state index < -0.39 is 0 Å². The summed E-state index contributed by atoms with van der Waals surface area (Å²) in [5.41, 5.74) is 0.370. The number of hydrogen-bond donors (Lipinski definition) is 1. The number of nitrogens with zero attached hydrogens (tertiary/aromatic N) is 1. The second kappa shape index (κ2) is 5.50. The molecule has 3 atom stereocenters. The molecule has 1 heterocycles. The lowest BCUT2D eigenvalue weighted by molar-refractivity contribution is 0.119. The first-order valence-electron chi connectivity index (χ1n) is 6.74. The lowest BCUT2D eigenvalue weighted by Gasteiger charge is -2.39. The third-order valence-electron chi connectivity index (χ3n) is 4.18. The van der Waals surface area contributed by atoms with Crippen LogP contribution in [-0.4, -0.2) is 37.1 Å². The van der Waals surface area contributed by atoms with Gasteiger partial charge in [0, 0.05) is 18.6 Å². The summed E-state index contributed by atoms with van der Waals surface area (Å²) in [6.07, 6.45) is 2.68. The van der Waals surface area contributed by atoms with Gasteiger partial charge in [0.15, 0.2) is 0 Å². The highest BCUT2D eigenvalue weighted by molar-refractivity contribution is 4.83. The van der Waals surface area contributed by atoms with Crippen molar-refractivity contribution in [2.75, 3.05) is 20.1 Å². The van der Waals surface area contributed by atoms with Gasteiger partial charge >= 0.3 is 0 Å². The Bertz CT molecular complexity index is 207. The maximum Gasteiger partial charge on any atom is 0.0197 e. The summed E-state index contributed by atoms with van der Waals surface area (Å²) in [6, 6.07) is 1.32. The number of nitrogens with one attached hydrogen (secondary N) is 1. The fourth-order valence-electron chi connectivity index (χ4n) is 2.53. The molecule has 0 aromatic rings. The first kappa shape index (κ1) is 14.0. The fraction of sp³-hybridized carbons (Fsp3) is 1.00. The Morgan fingerprint density at radius 2 is 2.00 bits per heavy atom. The molecular weight excluding hydrogens is 196 g/mol. The van der Waals surface area contributed by atoms with Crippen molar-refractivity contribution >= 4 is 0 Å². The first-order valence-corrected chi connectivity index (χ1v) is 6.74. The summed E-state index contributed by atoms with van der Waals surface area (Å²) in [5.74, 6) is 0.893. The van der Waals surface area contributed by atoms with Gasteiger partial charge in [-0.1, -0.05) is 27.7 Å². The van der Waals surface area contributed by atoms with E-state index in [-0.39, 0.29) is 0 Å². The van der Waals surface area contributed by atoms with Gasteiger partial charge in [-0.3, -0.25) is 0 Å². The molecule has 0 radical (unpaired) electrons. The van der Waals surface area contributed by atoms with Crippen LogP contribution in [-0.2, 0) is 0 Å². The van der Waals surface area contributed by atoms with Gasteiger partial charge in [-0.25, -0.2) is 0 Å². The highest BCUT2D eigenvalue weighted by Gasteiger charge is 2.26. The monoisotopic (exact) mass is 226 g/mol. The number of piperidine rings is 1. The van der Waals surface area contributed by atoms with E-state index >= 15 is 0 Å². The van der Waals surface area contributed by atoms with E-state index in [1.807, 2.05) is 0 Å². The summed E-state index contributed by atoms with van der Waals surface area (Å²) in [5, 5.41) is 3.65. The maximum absolute atomic E-state index is 3.65.